The molecule has 1 N–H and O–H groups in total. The first kappa shape index (κ1) is 23.3. The van der Waals surface area contributed by atoms with Gasteiger partial charge in [0.1, 0.15) is 11.6 Å². The minimum absolute atomic E-state index is 0.127. The average Bonchev–Trinajstić information content (AvgIpc) is 3.41. The summed E-state index contributed by atoms with van der Waals surface area (Å²) >= 11 is 1.20. The van der Waals surface area contributed by atoms with Gasteiger partial charge in [-0.1, -0.05) is 36.5 Å². The summed E-state index contributed by atoms with van der Waals surface area (Å²) in [4.78, 5) is 43.1. The first-order valence-electron chi connectivity index (χ1n) is 11.0. The molecule has 36 heavy (non-hydrogen) atoms. The Morgan fingerprint density at radius 3 is 2.58 bits per heavy atom. The largest absolute Gasteiger partial charge is 0.507 e. The van der Waals surface area contributed by atoms with Crippen molar-refractivity contribution in [2.24, 2.45) is 0 Å². The number of amides is 1. The third-order valence-electron chi connectivity index (χ3n) is 6.01. The molecule has 1 saturated heterocycles. The number of carbonyl (C=O) groups excluding carboxylic acids is 2. The van der Waals surface area contributed by atoms with Gasteiger partial charge in [0.15, 0.2) is 5.13 Å². The summed E-state index contributed by atoms with van der Waals surface area (Å²) in [6, 6.07) is 14.9. The highest BCUT2D eigenvalue weighted by Crippen LogP contribution is 2.44. The zero-order valence-corrected chi connectivity index (χ0v) is 19.7. The lowest BCUT2D eigenvalue weighted by Crippen LogP contribution is -2.29. The fraction of sp³-hybridized carbons (Fsp3) is 0.115. The number of thiazole rings is 1. The smallest absolute Gasteiger partial charge is 0.301 e. The molecule has 180 valence electrons. The molecule has 0 bridgehead atoms. The van der Waals surface area contributed by atoms with Gasteiger partial charge in [-0.15, -0.1) is 0 Å². The summed E-state index contributed by atoms with van der Waals surface area (Å²) in [5.41, 5.74) is 1.58. The predicted octanol–water partition coefficient (Wildman–Crippen LogP) is 5.53. The van der Waals surface area contributed by atoms with E-state index in [1.54, 1.807) is 0 Å². The predicted molar refractivity (Wildman–Crippen MR) is 133 cm³/mol. The normalized spacial score (nSPS) is 17.2. The number of hydrogen-bond acceptors (Lipinski definition) is 7. The highest BCUT2D eigenvalue weighted by atomic mass is 32.1. The maximum Gasteiger partial charge on any atom is 0.301 e. The number of ketones is 1. The maximum absolute atomic E-state index is 13.5. The number of nitro groups is 1. The minimum Gasteiger partial charge on any atom is -0.507 e. The number of halogens is 1. The van der Waals surface area contributed by atoms with Gasteiger partial charge in [0.25, 0.3) is 11.5 Å². The van der Waals surface area contributed by atoms with Crippen LogP contribution in [0.4, 0.5) is 15.2 Å². The van der Waals surface area contributed by atoms with E-state index in [0.717, 1.165) is 33.7 Å². The lowest BCUT2D eigenvalue weighted by Gasteiger charge is -2.22. The molecule has 1 aromatic heterocycles. The standard InChI is InChI=1S/C26H18FN3O5S/c1-2-14-6-11-19-20(12-14)36-26(28-19)29-22(16-4-3-5-18(13-16)30(34)35)21(24(32)25(29)33)23(31)15-7-9-17(27)10-8-15/h3-13,22,31H,2H2,1H3/t22-/m1/s1. The molecule has 5 rings (SSSR count). The number of non-ortho nitro benzene ring substituents is 1. The topological polar surface area (TPSA) is 114 Å². The molecule has 1 aliphatic rings. The molecule has 1 aliphatic heterocycles. The molecule has 1 amide bonds. The second-order valence-electron chi connectivity index (χ2n) is 8.18. The monoisotopic (exact) mass is 503 g/mol. The molecule has 4 aromatic rings. The summed E-state index contributed by atoms with van der Waals surface area (Å²) in [7, 11) is 0. The highest BCUT2D eigenvalue weighted by Gasteiger charge is 2.48. The van der Waals surface area contributed by atoms with E-state index in [9.17, 15) is 29.2 Å². The number of rotatable bonds is 5. The molecular formula is C26H18FN3O5S. The number of aliphatic hydroxyl groups is 1. The van der Waals surface area contributed by atoms with Crippen molar-refractivity contribution in [2.75, 3.05) is 4.90 Å². The van der Waals surface area contributed by atoms with Crippen LogP contribution in [0.3, 0.4) is 0 Å². The number of Topliss-reactive ketones (excluding diaryl/α,β-unsaturated/α-hetero) is 1. The summed E-state index contributed by atoms with van der Waals surface area (Å²) < 4.78 is 14.3. The number of hydrogen-bond donors (Lipinski definition) is 1. The first-order chi connectivity index (χ1) is 17.3. The third kappa shape index (κ3) is 3.91. The molecule has 1 fully saturated rings. The zero-order chi connectivity index (χ0) is 25.6. The van der Waals surface area contributed by atoms with Crippen LogP contribution in [-0.2, 0) is 16.0 Å². The van der Waals surface area contributed by atoms with Crippen LogP contribution in [0.1, 0.15) is 29.7 Å². The Labute approximate surface area is 208 Å². The Kier molecular flexibility index (Phi) is 5.81. The van der Waals surface area contributed by atoms with Crippen LogP contribution >= 0.6 is 11.3 Å². The van der Waals surface area contributed by atoms with Crippen molar-refractivity contribution in [1.82, 2.24) is 4.98 Å². The quantitative estimate of drug-likeness (QED) is 0.126. The number of nitro benzene ring substituents is 1. The van der Waals surface area contributed by atoms with Crippen LogP contribution in [0.25, 0.3) is 16.0 Å². The van der Waals surface area contributed by atoms with Gasteiger partial charge in [0.05, 0.1) is 26.8 Å². The van der Waals surface area contributed by atoms with Gasteiger partial charge in [0, 0.05) is 17.7 Å². The molecule has 2 heterocycles. The van der Waals surface area contributed by atoms with Gasteiger partial charge < -0.3 is 5.11 Å². The number of aromatic nitrogens is 1. The van der Waals surface area contributed by atoms with Gasteiger partial charge in [-0.05, 0) is 53.9 Å². The summed E-state index contributed by atoms with van der Waals surface area (Å²) in [5, 5.41) is 22.8. The van der Waals surface area contributed by atoms with Crippen molar-refractivity contribution in [3.63, 3.8) is 0 Å². The fourth-order valence-electron chi connectivity index (χ4n) is 4.20. The Morgan fingerprint density at radius 1 is 1.14 bits per heavy atom. The van der Waals surface area contributed by atoms with E-state index in [4.69, 9.17) is 0 Å². The SMILES string of the molecule is CCc1ccc2nc(N3C(=O)C(=O)C(=C(O)c4ccc(F)cc4)[C@H]3c3cccc([N+](=O)[O-])c3)sc2c1. The Hall–Kier alpha value is -4.44. The van der Waals surface area contributed by atoms with Gasteiger partial charge in [0.2, 0.25) is 0 Å². The molecule has 1 atom stereocenters. The van der Waals surface area contributed by atoms with Crippen molar-refractivity contribution in [2.45, 2.75) is 19.4 Å². The number of anilines is 1. The van der Waals surface area contributed by atoms with Crippen LogP contribution < -0.4 is 4.90 Å². The third-order valence-corrected chi connectivity index (χ3v) is 7.03. The van der Waals surface area contributed by atoms with Crippen molar-refractivity contribution in [1.29, 1.82) is 0 Å². The molecular weight excluding hydrogens is 485 g/mol. The molecule has 10 heteroatoms. The highest BCUT2D eigenvalue weighted by molar-refractivity contribution is 7.22. The molecule has 0 spiro atoms. The van der Waals surface area contributed by atoms with E-state index in [0.29, 0.717) is 5.52 Å². The summed E-state index contributed by atoms with van der Waals surface area (Å²) in [6.45, 7) is 2.01. The molecule has 0 unspecified atom stereocenters. The number of aryl methyl sites for hydroxylation is 1. The van der Waals surface area contributed by atoms with Crippen molar-refractivity contribution >= 4 is 49.8 Å². The van der Waals surface area contributed by atoms with Gasteiger partial charge in [-0.25, -0.2) is 9.37 Å². The lowest BCUT2D eigenvalue weighted by atomic mass is 9.95. The molecule has 8 nitrogen and oxygen atoms in total. The maximum atomic E-state index is 13.5. The first-order valence-corrected chi connectivity index (χ1v) is 11.8. The van der Waals surface area contributed by atoms with E-state index in [2.05, 4.69) is 4.98 Å². The van der Waals surface area contributed by atoms with E-state index in [-0.39, 0.29) is 27.5 Å². The lowest BCUT2D eigenvalue weighted by molar-refractivity contribution is -0.384. The van der Waals surface area contributed by atoms with Crippen molar-refractivity contribution < 1.29 is 24.0 Å². The molecule has 0 saturated carbocycles. The van der Waals surface area contributed by atoms with Crippen molar-refractivity contribution in [3.8, 4) is 0 Å². The average molecular weight is 504 g/mol. The Morgan fingerprint density at radius 2 is 1.89 bits per heavy atom. The van der Waals surface area contributed by atoms with Crippen LogP contribution in [0.15, 0.2) is 72.3 Å². The Bertz CT molecular complexity index is 1580. The Balaban J connectivity index is 1.74. The zero-order valence-electron chi connectivity index (χ0n) is 18.8. The van der Waals surface area contributed by atoms with Crippen LogP contribution in [0.2, 0.25) is 0 Å². The molecule has 0 aliphatic carbocycles. The van der Waals surface area contributed by atoms with Gasteiger partial charge in [-0.2, -0.15) is 0 Å². The van der Waals surface area contributed by atoms with Crippen LogP contribution in [-0.4, -0.2) is 26.7 Å². The number of benzene rings is 3. The van der Waals surface area contributed by atoms with Crippen molar-refractivity contribution in [3.05, 3.63) is 105 Å². The number of carbonyl (C=O) groups is 2. The van der Waals surface area contributed by atoms with Gasteiger partial charge in [-0.3, -0.25) is 24.6 Å². The fourth-order valence-corrected chi connectivity index (χ4v) is 5.25. The molecule has 3 aromatic carbocycles. The second-order valence-corrected chi connectivity index (χ2v) is 9.19. The molecule has 0 radical (unpaired) electrons. The minimum atomic E-state index is -1.18. The van der Waals surface area contributed by atoms with E-state index in [1.165, 1.54) is 47.7 Å². The van der Waals surface area contributed by atoms with E-state index >= 15 is 0 Å². The van der Waals surface area contributed by atoms with Crippen LogP contribution in [0, 0.1) is 15.9 Å². The summed E-state index contributed by atoms with van der Waals surface area (Å²) in [5.74, 6) is -2.95. The summed E-state index contributed by atoms with van der Waals surface area (Å²) in [6.07, 6.45) is 0.805. The van der Waals surface area contributed by atoms with E-state index in [1.807, 2.05) is 25.1 Å². The van der Waals surface area contributed by atoms with Gasteiger partial charge >= 0.3 is 5.91 Å². The number of nitrogens with zero attached hydrogens (tertiary/aromatic N) is 3. The second kappa shape index (κ2) is 8.97. The number of aliphatic hydroxyl groups excluding tert-OH is 1. The van der Waals surface area contributed by atoms with E-state index < -0.39 is 34.2 Å². The van der Waals surface area contributed by atoms with Crippen LogP contribution in [0.5, 0.6) is 0 Å². The number of fused-ring (bicyclic) bond motifs is 1.